The van der Waals surface area contributed by atoms with Crippen LogP contribution >= 0.6 is 0 Å². The van der Waals surface area contributed by atoms with Gasteiger partial charge < -0.3 is 10.4 Å². The summed E-state index contributed by atoms with van der Waals surface area (Å²) in [5.41, 5.74) is 1.81. The number of hydrogen-bond donors (Lipinski definition) is 2. The molecule has 7 heteroatoms. The van der Waals surface area contributed by atoms with Crippen LogP contribution in [0.3, 0.4) is 0 Å². The molecule has 0 bridgehead atoms. The Morgan fingerprint density at radius 2 is 2.20 bits per heavy atom. The number of carbonyl (C=O) groups excluding carboxylic acids is 1. The van der Waals surface area contributed by atoms with Gasteiger partial charge in [-0.2, -0.15) is 4.98 Å². The first kappa shape index (κ1) is 15.7. The largest absolute Gasteiger partial charge is 0.383 e. The summed E-state index contributed by atoms with van der Waals surface area (Å²) in [5.74, 6) is 0.0164. The predicted octanol–water partition coefficient (Wildman–Crippen LogP) is 1.39. The van der Waals surface area contributed by atoms with Gasteiger partial charge in [0.25, 0.3) is 11.7 Å². The molecule has 4 rings (SSSR count). The maximum atomic E-state index is 12.4. The van der Waals surface area contributed by atoms with E-state index in [2.05, 4.69) is 20.4 Å². The van der Waals surface area contributed by atoms with Crippen LogP contribution in [0.25, 0.3) is 5.78 Å². The van der Waals surface area contributed by atoms with E-state index < -0.39 is 11.5 Å². The molecule has 2 aromatic heterocycles. The van der Waals surface area contributed by atoms with E-state index in [9.17, 15) is 9.90 Å². The molecule has 1 atom stereocenters. The monoisotopic (exact) mass is 337 g/mol. The molecule has 2 N–H and O–H groups in total. The number of aromatic nitrogens is 4. The molecule has 0 saturated heterocycles. The van der Waals surface area contributed by atoms with Crippen LogP contribution in [0.5, 0.6) is 0 Å². The summed E-state index contributed by atoms with van der Waals surface area (Å²) < 4.78 is 1.53. The van der Waals surface area contributed by atoms with Gasteiger partial charge in [-0.05, 0) is 43.4 Å². The average molecular weight is 337 g/mol. The van der Waals surface area contributed by atoms with Crippen LogP contribution in [0, 0.1) is 6.92 Å². The first-order chi connectivity index (χ1) is 12.1. The molecule has 7 nitrogen and oxygen atoms in total. The summed E-state index contributed by atoms with van der Waals surface area (Å²) in [6, 6.07) is 9.63. The van der Waals surface area contributed by atoms with E-state index in [1.807, 2.05) is 31.2 Å². The number of aryl methyl sites for hydroxylation is 2. The first-order valence-electron chi connectivity index (χ1n) is 8.34. The van der Waals surface area contributed by atoms with Crippen molar-refractivity contribution in [3.05, 3.63) is 59.2 Å². The highest BCUT2D eigenvalue weighted by Gasteiger charge is 2.34. The zero-order valence-corrected chi connectivity index (χ0v) is 13.9. The Balaban J connectivity index is 1.54. The molecule has 1 aliphatic rings. The summed E-state index contributed by atoms with van der Waals surface area (Å²) >= 11 is 0. The van der Waals surface area contributed by atoms with Crippen molar-refractivity contribution in [2.45, 2.75) is 31.8 Å². The maximum absolute atomic E-state index is 12.4. The number of nitrogens with one attached hydrogen (secondary N) is 1. The molecule has 128 valence electrons. The fraction of sp³-hybridized carbons (Fsp3) is 0.333. The molecule has 1 amide bonds. The van der Waals surface area contributed by atoms with Gasteiger partial charge in [0.05, 0.1) is 6.54 Å². The van der Waals surface area contributed by atoms with Crippen LogP contribution in [0.2, 0.25) is 0 Å². The molecule has 0 radical (unpaired) electrons. The van der Waals surface area contributed by atoms with Crippen molar-refractivity contribution >= 4 is 11.7 Å². The predicted molar refractivity (Wildman–Crippen MR) is 91.1 cm³/mol. The second-order valence-electron chi connectivity index (χ2n) is 6.46. The van der Waals surface area contributed by atoms with Crippen molar-refractivity contribution in [1.82, 2.24) is 24.9 Å². The van der Waals surface area contributed by atoms with Gasteiger partial charge in [0.2, 0.25) is 5.82 Å². The summed E-state index contributed by atoms with van der Waals surface area (Å²) in [6.45, 7) is 2.00. The fourth-order valence-electron chi connectivity index (χ4n) is 3.39. The highest BCUT2D eigenvalue weighted by molar-refractivity contribution is 5.90. The van der Waals surface area contributed by atoms with E-state index in [0.717, 1.165) is 29.7 Å². The number of rotatable bonds is 3. The van der Waals surface area contributed by atoms with Crippen LogP contribution in [0.4, 0.5) is 0 Å². The normalized spacial score (nSPS) is 19.6. The number of fused-ring (bicyclic) bond motifs is 2. The van der Waals surface area contributed by atoms with Gasteiger partial charge in [0, 0.05) is 11.9 Å². The van der Waals surface area contributed by atoms with Crippen molar-refractivity contribution in [2.75, 3.05) is 6.54 Å². The van der Waals surface area contributed by atoms with Gasteiger partial charge in [0.1, 0.15) is 5.60 Å². The summed E-state index contributed by atoms with van der Waals surface area (Å²) in [4.78, 5) is 20.7. The molecular weight excluding hydrogens is 318 g/mol. The Morgan fingerprint density at radius 3 is 3.04 bits per heavy atom. The van der Waals surface area contributed by atoms with E-state index in [1.165, 1.54) is 4.52 Å². The Labute approximate surface area is 144 Å². The fourth-order valence-corrected chi connectivity index (χ4v) is 3.39. The van der Waals surface area contributed by atoms with Gasteiger partial charge in [-0.25, -0.2) is 9.50 Å². The van der Waals surface area contributed by atoms with Gasteiger partial charge in [-0.1, -0.05) is 24.3 Å². The minimum absolute atomic E-state index is 0.0505. The van der Waals surface area contributed by atoms with Crippen LogP contribution in [0.15, 0.2) is 36.5 Å². The van der Waals surface area contributed by atoms with Crippen LogP contribution < -0.4 is 5.32 Å². The quantitative estimate of drug-likeness (QED) is 0.753. The number of amides is 1. The van der Waals surface area contributed by atoms with Gasteiger partial charge in [-0.15, -0.1) is 5.10 Å². The number of carbonyl (C=O) groups is 1. The number of benzene rings is 1. The summed E-state index contributed by atoms with van der Waals surface area (Å²) in [7, 11) is 0. The second-order valence-corrected chi connectivity index (χ2v) is 6.46. The van der Waals surface area contributed by atoms with Crippen molar-refractivity contribution in [1.29, 1.82) is 0 Å². The lowest BCUT2D eigenvalue weighted by Crippen LogP contribution is -2.43. The van der Waals surface area contributed by atoms with E-state index >= 15 is 0 Å². The van der Waals surface area contributed by atoms with E-state index in [4.69, 9.17) is 0 Å². The minimum Gasteiger partial charge on any atom is -0.383 e. The molecule has 0 unspecified atom stereocenters. The van der Waals surface area contributed by atoms with Crippen molar-refractivity contribution in [2.24, 2.45) is 0 Å². The lowest BCUT2D eigenvalue weighted by molar-refractivity contribution is 0.0188. The van der Waals surface area contributed by atoms with E-state index in [0.29, 0.717) is 12.2 Å². The van der Waals surface area contributed by atoms with E-state index in [-0.39, 0.29) is 12.4 Å². The van der Waals surface area contributed by atoms with Crippen LogP contribution in [-0.2, 0) is 12.0 Å². The van der Waals surface area contributed by atoms with Crippen molar-refractivity contribution in [3.8, 4) is 0 Å². The molecule has 0 aliphatic heterocycles. The Hall–Kier alpha value is -2.80. The van der Waals surface area contributed by atoms with Crippen molar-refractivity contribution in [3.63, 3.8) is 0 Å². The number of aliphatic hydroxyl groups is 1. The van der Waals surface area contributed by atoms with Gasteiger partial charge in [-0.3, -0.25) is 4.79 Å². The smallest absolute Gasteiger partial charge is 0.291 e. The minimum atomic E-state index is -1.06. The van der Waals surface area contributed by atoms with Gasteiger partial charge >= 0.3 is 0 Å². The summed E-state index contributed by atoms with van der Waals surface area (Å²) in [5, 5.41) is 18.0. The molecule has 3 aromatic rings. The number of nitrogens with zero attached hydrogens (tertiary/aromatic N) is 4. The maximum Gasteiger partial charge on any atom is 0.291 e. The molecule has 1 aliphatic carbocycles. The summed E-state index contributed by atoms with van der Waals surface area (Å²) in [6.07, 6.45) is 4.08. The Morgan fingerprint density at radius 1 is 1.36 bits per heavy atom. The SMILES string of the molecule is Cc1ccnc2nc(C(=O)NC[C@@]3(O)CCCc4ccccc43)nn12. The van der Waals surface area contributed by atoms with Crippen molar-refractivity contribution < 1.29 is 9.90 Å². The lowest BCUT2D eigenvalue weighted by Gasteiger charge is -2.34. The molecule has 0 spiro atoms. The van der Waals surface area contributed by atoms with Crippen LogP contribution in [0.1, 0.15) is 40.3 Å². The highest BCUT2D eigenvalue weighted by Crippen LogP contribution is 2.34. The number of hydrogen-bond acceptors (Lipinski definition) is 5. The van der Waals surface area contributed by atoms with Crippen LogP contribution in [-0.4, -0.2) is 37.1 Å². The Bertz CT molecular complexity index is 952. The zero-order valence-electron chi connectivity index (χ0n) is 13.9. The highest BCUT2D eigenvalue weighted by atomic mass is 16.3. The standard InChI is InChI=1S/C18H19N5O2/c1-12-8-10-19-17-21-15(22-23(12)17)16(24)20-11-18(25)9-4-6-13-5-2-3-7-14(13)18/h2-3,5,7-8,10,25H,4,6,9,11H2,1H3,(H,20,24)/t18-/m0/s1. The molecular formula is C18H19N5O2. The topological polar surface area (TPSA) is 92.4 Å². The molecule has 25 heavy (non-hydrogen) atoms. The molecule has 0 fully saturated rings. The van der Waals surface area contributed by atoms with Gasteiger partial charge in [0.15, 0.2) is 0 Å². The zero-order chi connectivity index (χ0) is 17.4. The molecule has 0 saturated carbocycles. The Kier molecular flexibility index (Phi) is 3.73. The third kappa shape index (κ3) is 2.76. The third-order valence-corrected chi connectivity index (χ3v) is 4.73. The lowest BCUT2D eigenvalue weighted by atomic mass is 9.79. The van der Waals surface area contributed by atoms with E-state index in [1.54, 1.807) is 12.3 Å². The molecule has 1 aromatic carbocycles. The molecule has 2 heterocycles. The first-order valence-corrected chi connectivity index (χ1v) is 8.34. The second kappa shape index (κ2) is 5.93. The average Bonchev–Trinajstić information content (AvgIpc) is 3.06. The third-order valence-electron chi connectivity index (χ3n) is 4.73.